The molecule has 0 radical (unpaired) electrons. The molecule has 20 heteroatoms. The number of ether oxygens (including phenoxy) is 3. The zero-order valence-electron chi connectivity index (χ0n) is 39.0. The first-order valence-corrected chi connectivity index (χ1v) is 25.5. The van der Waals surface area contributed by atoms with Crippen molar-refractivity contribution in [2.75, 3.05) is 51.4 Å². The Hall–Kier alpha value is -5.17. The highest BCUT2D eigenvalue weighted by Crippen LogP contribution is 2.50. The summed E-state index contributed by atoms with van der Waals surface area (Å²) in [5.41, 5.74) is 8.44. The number of nitrogens with two attached hydrogens (primary N) is 1. The van der Waals surface area contributed by atoms with Crippen molar-refractivity contribution < 1.29 is 47.3 Å². The van der Waals surface area contributed by atoms with Gasteiger partial charge in [-0.15, -0.1) is 0 Å². The topological polar surface area (TPSA) is 255 Å². The van der Waals surface area contributed by atoms with Gasteiger partial charge in [0.2, 0.25) is 11.3 Å². The number of aromatic carboxylic acids is 1. The Kier molecular flexibility index (Phi) is 15.6. The van der Waals surface area contributed by atoms with Crippen molar-refractivity contribution in [3.05, 3.63) is 100 Å². The summed E-state index contributed by atoms with van der Waals surface area (Å²) in [7, 11) is -2.90. The van der Waals surface area contributed by atoms with Crippen molar-refractivity contribution in [2.24, 2.45) is 5.73 Å². The molecule has 1 fully saturated rings. The van der Waals surface area contributed by atoms with Gasteiger partial charge in [0, 0.05) is 84.7 Å². The second kappa shape index (κ2) is 21.4. The SMILES string of the molecule is COC1CC(n2cc(CCCNC(=O)CCc3cc4c(-c5cc(P(=O)(O)OCCCCN)ccc5C(=O)O)c5cc6c7c(c5oc-4c(Cl)c3=O)CCCN7CCC6)c(=O)[nH]c2=O)O[C@@H]1COC(C)C. The van der Waals surface area contributed by atoms with E-state index in [9.17, 15) is 38.5 Å². The third kappa shape index (κ3) is 10.6. The van der Waals surface area contributed by atoms with Crippen molar-refractivity contribution in [1.29, 1.82) is 0 Å². The van der Waals surface area contributed by atoms with Crippen LogP contribution in [0.3, 0.4) is 0 Å². The van der Waals surface area contributed by atoms with Crippen molar-refractivity contribution in [3.8, 4) is 22.5 Å². The van der Waals surface area contributed by atoms with E-state index < -0.39 is 42.6 Å². The van der Waals surface area contributed by atoms with E-state index in [0.29, 0.717) is 66.3 Å². The number of benzene rings is 3. The molecule has 1 aromatic heterocycles. The zero-order chi connectivity index (χ0) is 49.1. The third-order valence-corrected chi connectivity index (χ3v) is 15.0. The highest BCUT2D eigenvalue weighted by atomic mass is 35.5. The van der Waals surface area contributed by atoms with Crippen LogP contribution in [0.4, 0.5) is 5.69 Å². The van der Waals surface area contributed by atoms with E-state index in [1.54, 1.807) is 13.2 Å². The maximum Gasteiger partial charge on any atom is 0.358 e. The maximum atomic E-state index is 14.0. The monoisotopic (exact) mass is 991 g/mol. The summed E-state index contributed by atoms with van der Waals surface area (Å²) in [5.74, 6) is -1.65. The van der Waals surface area contributed by atoms with Gasteiger partial charge in [0.05, 0.1) is 36.3 Å². The third-order valence-electron chi connectivity index (χ3n) is 13.2. The first-order chi connectivity index (χ1) is 33.1. The number of carbonyl (C=O) groups is 2. The molecule has 1 aliphatic carbocycles. The van der Waals surface area contributed by atoms with Crippen LogP contribution in [0, 0.1) is 0 Å². The molecule has 3 unspecified atom stereocenters. The molecule has 18 nitrogen and oxygen atoms in total. The number of carbonyl (C=O) groups excluding carboxylic acids is 1. The van der Waals surface area contributed by atoms with Crippen LogP contribution < -0.4 is 37.9 Å². The Morgan fingerprint density at radius 1 is 1.04 bits per heavy atom. The lowest BCUT2D eigenvalue weighted by molar-refractivity contribution is -0.121. The van der Waals surface area contributed by atoms with Gasteiger partial charge in [-0.25, -0.2) is 9.59 Å². The molecule has 4 atom stereocenters. The smallest absolute Gasteiger partial charge is 0.358 e. The van der Waals surface area contributed by atoms with Gasteiger partial charge < -0.3 is 49.1 Å². The second-order valence-corrected chi connectivity index (χ2v) is 20.3. The number of halogens is 1. The number of amides is 1. The number of unbranched alkanes of at least 4 members (excludes halogenated alkanes) is 1. The van der Waals surface area contributed by atoms with Crippen LogP contribution in [-0.2, 0) is 53.8 Å². The molecule has 0 bridgehead atoms. The van der Waals surface area contributed by atoms with Gasteiger partial charge in [0.1, 0.15) is 22.9 Å². The molecule has 5 heterocycles. The molecule has 5 aliphatic rings. The summed E-state index contributed by atoms with van der Waals surface area (Å²) >= 11 is 6.94. The molecule has 1 saturated heterocycles. The van der Waals surface area contributed by atoms with E-state index in [4.69, 9.17) is 40.5 Å². The number of nitrogens with zero attached hydrogens (tertiary/aromatic N) is 2. The lowest BCUT2D eigenvalue weighted by Crippen LogP contribution is -2.34. The molecule has 8 rings (SSSR count). The van der Waals surface area contributed by atoms with E-state index in [1.165, 1.54) is 29.0 Å². The fourth-order valence-corrected chi connectivity index (χ4v) is 11.1. The van der Waals surface area contributed by atoms with Crippen molar-refractivity contribution in [2.45, 2.75) is 109 Å². The quantitative estimate of drug-likeness (QED) is 0.0370. The van der Waals surface area contributed by atoms with Gasteiger partial charge in [-0.2, -0.15) is 0 Å². The molecule has 3 aromatic rings. The van der Waals surface area contributed by atoms with Gasteiger partial charge in [-0.1, -0.05) is 11.6 Å². The molecule has 0 saturated carbocycles. The van der Waals surface area contributed by atoms with Gasteiger partial charge in [0.15, 0.2) is 5.76 Å². The van der Waals surface area contributed by atoms with Crippen LogP contribution in [0.5, 0.6) is 0 Å². The number of hydrogen-bond donors (Lipinski definition) is 5. The van der Waals surface area contributed by atoms with Crippen molar-refractivity contribution in [3.63, 3.8) is 0 Å². The lowest BCUT2D eigenvalue weighted by Gasteiger charge is -2.37. The summed E-state index contributed by atoms with van der Waals surface area (Å²) in [5, 5.41) is 13.6. The van der Waals surface area contributed by atoms with E-state index in [0.717, 1.165) is 49.2 Å². The Morgan fingerprint density at radius 3 is 2.57 bits per heavy atom. The molecule has 2 aromatic carbocycles. The summed E-state index contributed by atoms with van der Waals surface area (Å²) < 4.78 is 44.6. The Labute approximate surface area is 402 Å². The van der Waals surface area contributed by atoms with Gasteiger partial charge in [-0.05, 0) is 120 Å². The van der Waals surface area contributed by atoms with Crippen LogP contribution >= 0.6 is 19.2 Å². The summed E-state index contributed by atoms with van der Waals surface area (Å²) in [4.78, 5) is 82.0. The minimum Gasteiger partial charge on any atom is -0.478 e. The van der Waals surface area contributed by atoms with E-state index in [1.807, 2.05) is 19.9 Å². The van der Waals surface area contributed by atoms with Crippen molar-refractivity contribution >= 4 is 53.0 Å². The number of methoxy groups -OCH3 is 1. The largest absolute Gasteiger partial charge is 0.478 e. The van der Waals surface area contributed by atoms with Crippen LogP contribution in [0.15, 0.2) is 55.3 Å². The molecule has 6 N–H and O–H groups in total. The molecule has 370 valence electrons. The van der Waals surface area contributed by atoms with Gasteiger partial charge in [0.25, 0.3) is 5.56 Å². The Morgan fingerprint density at radius 2 is 1.83 bits per heavy atom. The molecule has 1 amide bonds. The Bertz CT molecular complexity index is 2950. The van der Waals surface area contributed by atoms with E-state index in [2.05, 4.69) is 15.2 Å². The van der Waals surface area contributed by atoms with Crippen LogP contribution in [0.25, 0.3) is 33.4 Å². The highest BCUT2D eigenvalue weighted by Gasteiger charge is 2.38. The standard InChI is InChI=1S/C49H59ClN5O13P/c1-27(2)65-26-38-37(64-3)24-40(67-38)55-25-30(47(58)53-49(55)61)9-6-17-52-39(56)15-12-29-22-36-41(34-23-31(13-14-32(34)48(59)60)69(62,63)66-20-5-4-16-51)35-21-28-10-7-18-54-19-8-11-33(43(28)54)45(35)68-46(36)42(50)44(29)57/h13-14,21-23,25,27,37-38,40H,4-12,15-20,24,26,51H2,1-3H3,(H,52,56)(H,59,60)(H,62,63)(H,53,58,61)/t37?,38-,40?/m1/s1. The second-order valence-electron chi connectivity index (χ2n) is 18.1. The number of aryl methyl sites for hydroxylation is 4. The number of nitrogens with one attached hydrogen (secondary N) is 2. The number of fused-ring (bicyclic) bond motifs is 3. The number of aromatic nitrogens is 2. The number of rotatable bonds is 20. The molecular weight excluding hydrogens is 933 g/mol. The summed E-state index contributed by atoms with van der Waals surface area (Å²) in [6, 6.07) is 7.44. The number of hydrogen-bond acceptors (Lipinski definition) is 13. The molecular formula is C49H59ClN5O13P. The molecule has 0 spiro atoms. The van der Waals surface area contributed by atoms with Crippen molar-refractivity contribution in [1.82, 2.24) is 14.9 Å². The molecule has 4 aliphatic heterocycles. The fourth-order valence-electron chi connectivity index (χ4n) is 9.74. The number of H-pyrrole nitrogens is 1. The number of carboxylic acids is 1. The van der Waals surface area contributed by atoms with Crippen LogP contribution in [-0.4, -0.2) is 96.2 Å². The minimum absolute atomic E-state index is 0.0211. The van der Waals surface area contributed by atoms with Gasteiger partial charge >= 0.3 is 19.3 Å². The highest BCUT2D eigenvalue weighted by molar-refractivity contribution is 7.61. The summed E-state index contributed by atoms with van der Waals surface area (Å²) in [6.45, 7) is 6.36. The average Bonchev–Trinajstić information content (AvgIpc) is 3.74. The van der Waals surface area contributed by atoms with Gasteiger partial charge in [-0.3, -0.25) is 28.5 Å². The number of carboxylic acid groups (broad SMARTS) is 1. The Balaban J connectivity index is 1.07. The number of anilines is 1. The zero-order valence-corrected chi connectivity index (χ0v) is 40.6. The predicted molar refractivity (Wildman–Crippen MR) is 260 cm³/mol. The van der Waals surface area contributed by atoms with Crippen LogP contribution in [0.1, 0.15) is 97.6 Å². The maximum absolute atomic E-state index is 14.0. The van der Waals surface area contributed by atoms with E-state index in [-0.39, 0.29) is 89.9 Å². The number of aromatic amines is 1. The fraction of sp³-hybridized carbons (Fsp3) is 0.490. The average molecular weight is 992 g/mol. The summed E-state index contributed by atoms with van der Waals surface area (Å²) in [6.07, 6.45) is 5.05. The molecule has 69 heavy (non-hydrogen) atoms. The predicted octanol–water partition coefficient (Wildman–Crippen LogP) is 5.44. The van der Waals surface area contributed by atoms with Crippen LogP contribution in [0.2, 0.25) is 5.02 Å². The lowest BCUT2D eigenvalue weighted by atomic mass is 9.84. The normalized spacial score (nSPS) is 18.8. The first-order valence-electron chi connectivity index (χ1n) is 23.6. The first kappa shape index (κ1) is 50.2. The minimum atomic E-state index is -4.46. The van der Waals surface area contributed by atoms with E-state index >= 15 is 0 Å².